The molecule has 224 valence electrons. The van der Waals surface area contributed by atoms with Crippen molar-refractivity contribution in [2.45, 2.75) is 116 Å². The minimum Gasteiger partial charge on any atom is -0.490 e. The van der Waals surface area contributed by atoms with Crippen molar-refractivity contribution in [1.29, 1.82) is 0 Å². The Kier molecular flexibility index (Phi) is 9.50. The Labute approximate surface area is 246 Å². The van der Waals surface area contributed by atoms with Crippen LogP contribution in [0.2, 0.25) is 0 Å². The first-order chi connectivity index (χ1) is 19.4. The maximum Gasteiger partial charge on any atom is 0.229 e. The van der Waals surface area contributed by atoms with E-state index in [-0.39, 0.29) is 47.0 Å². The lowest BCUT2D eigenvalue weighted by Crippen LogP contribution is -2.38. The molecule has 4 rings (SSSR count). The van der Waals surface area contributed by atoms with E-state index < -0.39 is 5.41 Å². The molecule has 2 aliphatic rings. The number of benzene rings is 2. The minimum atomic E-state index is -0.766. The van der Waals surface area contributed by atoms with Crippen LogP contribution in [-0.2, 0) is 15.0 Å². The third kappa shape index (κ3) is 6.95. The first-order valence-corrected chi connectivity index (χ1v) is 15.5. The van der Waals surface area contributed by atoms with Gasteiger partial charge in [0.15, 0.2) is 0 Å². The number of nitrogens with one attached hydrogen (secondary N) is 2. The summed E-state index contributed by atoms with van der Waals surface area (Å²) in [5.74, 6) is 0.705. The number of carbonyl (C=O) groups is 2. The number of halogens is 1. The molecule has 6 heteroatoms. The van der Waals surface area contributed by atoms with Crippen molar-refractivity contribution in [2.24, 2.45) is 11.3 Å². The van der Waals surface area contributed by atoms with Gasteiger partial charge in [-0.15, -0.1) is 0 Å². The van der Waals surface area contributed by atoms with Gasteiger partial charge in [-0.3, -0.25) is 9.59 Å². The fourth-order valence-corrected chi connectivity index (χ4v) is 6.33. The largest absolute Gasteiger partial charge is 0.490 e. The van der Waals surface area contributed by atoms with Crippen molar-refractivity contribution in [3.05, 3.63) is 53.3 Å². The summed E-state index contributed by atoms with van der Waals surface area (Å²) in [7, 11) is 1.64. The van der Waals surface area contributed by atoms with Crippen LogP contribution in [0.15, 0.2) is 36.4 Å². The highest BCUT2D eigenvalue weighted by Gasteiger charge is 2.34. The van der Waals surface area contributed by atoms with Crippen LogP contribution >= 0.6 is 0 Å². The normalized spacial score (nSPS) is 20.3. The Morgan fingerprint density at radius 1 is 1.05 bits per heavy atom. The highest BCUT2D eigenvalue weighted by Crippen LogP contribution is 2.46. The Hall–Kier alpha value is -2.89. The topological polar surface area (TPSA) is 67.4 Å². The molecule has 2 saturated carbocycles. The summed E-state index contributed by atoms with van der Waals surface area (Å²) in [5, 5.41) is 6.04. The molecule has 3 atom stereocenters. The maximum absolute atomic E-state index is 15.3. The number of hydrogen-bond donors (Lipinski definition) is 2. The Morgan fingerprint density at radius 3 is 2.41 bits per heavy atom. The predicted octanol–water partition coefficient (Wildman–Crippen LogP) is 7.66. The molecule has 2 amide bonds. The molecule has 2 aromatic rings. The van der Waals surface area contributed by atoms with Gasteiger partial charge in [-0.1, -0.05) is 58.7 Å². The minimum absolute atomic E-state index is 0.0364. The van der Waals surface area contributed by atoms with Crippen molar-refractivity contribution < 1.29 is 18.7 Å². The van der Waals surface area contributed by atoms with Gasteiger partial charge in [0.05, 0.1) is 5.41 Å². The predicted molar refractivity (Wildman–Crippen MR) is 164 cm³/mol. The van der Waals surface area contributed by atoms with E-state index in [0.717, 1.165) is 73.6 Å². The van der Waals surface area contributed by atoms with Crippen LogP contribution < -0.4 is 15.4 Å². The molecule has 2 N–H and O–H groups in total. The van der Waals surface area contributed by atoms with E-state index in [0.29, 0.717) is 5.75 Å². The summed E-state index contributed by atoms with van der Waals surface area (Å²) in [6.45, 7) is 12.4. The first kappa shape index (κ1) is 31.1. The van der Waals surface area contributed by atoms with Crippen LogP contribution in [0.3, 0.4) is 0 Å². The van der Waals surface area contributed by atoms with Crippen LogP contribution in [0.1, 0.15) is 110 Å². The van der Waals surface area contributed by atoms with E-state index in [1.807, 2.05) is 45.0 Å². The van der Waals surface area contributed by atoms with Crippen LogP contribution in [0.25, 0.3) is 11.1 Å². The van der Waals surface area contributed by atoms with Gasteiger partial charge in [0.2, 0.25) is 11.8 Å². The van der Waals surface area contributed by atoms with Gasteiger partial charge in [0, 0.05) is 31.0 Å². The molecule has 41 heavy (non-hydrogen) atoms. The second-order valence-corrected chi connectivity index (χ2v) is 13.6. The number of ether oxygens (including phenoxy) is 1. The molecular formula is C35H49FN2O3. The first-order valence-electron chi connectivity index (χ1n) is 15.5. The summed E-state index contributed by atoms with van der Waals surface area (Å²) < 4.78 is 21.9. The van der Waals surface area contributed by atoms with E-state index in [1.165, 1.54) is 0 Å². The molecule has 0 radical (unpaired) electrons. The summed E-state index contributed by atoms with van der Waals surface area (Å²) in [4.78, 5) is 25.7. The maximum atomic E-state index is 15.3. The zero-order valence-electron chi connectivity index (χ0n) is 26.0. The van der Waals surface area contributed by atoms with Gasteiger partial charge >= 0.3 is 0 Å². The van der Waals surface area contributed by atoms with Crippen molar-refractivity contribution >= 4 is 11.8 Å². The van der Waals surface area contributed by atoms with Gasteiger partial charge < -0.3 is 15.4 Å². The van der Waals surface area contributed by atoms with Crippen LogP contribution in [0.4, 0.5) is 4.39 Å². The lowest BCUT2D eigenvalue weighted by atomic mass is 9.76. The standard InChI is InChI=1S/C35H49FN2O3/c1-8-34(3,4)21-22(2)32(39)38-25-16-17-26(20-25)41-30-18-15-24(35(5,6)33(40)37-7)19-28(30)27-13-10-14-29(36)31(27)23-11-9-12-23/h10,13-15,18-19,22-23,25-26H,8-9,11-12,16-17,20-21H2,1-7H3,(H,37,40)(H,38,39)/t22-,25+,26+/m0/s1. The molecule has 0 spiro atoms. The quantitative estimate of drug-likeness (QED) is 0.294. The smallest absolute Gasteiger partial charge is 0.229 e. The number of carbonyl (C=O) groups excluding carboxylic acids is 2. The van der Waals surface area contributed by atoms with Crippen LogP contribution in [-0.4, -0.2) is 31.0 Å². The summed E-state index contributed by atoms with van der Waals surface area (Å²) in [6.07, 6.45) is 7.35. The number of likely N-dealkylation sites (N-methyl/N-ethyl adjacent to an activating group) is 1. The van der Waals surface area contributed by atoms with Crippen molar-refractivity contribution in [1.82, 2.24) is 10.6 Å². The van der Waals surface area contributed by atoms with E-state index in [2.05, 4.69) is 31.4 Å². The van der Waals surface area contributed by atoms with E-state index >= 15 is 4.39 Å². The zero-order chi connectivity index (χ0) is 29.9. The van der Waals surface area contributed by atoms with Crippen LogP contribution in [0, 0.1) is 17.2 Å². The Bertz CT molecular complexity index is 1250. The average molecular weight is 565 g/mol. The van der Waals surface area contributed by atoms with Crippen molar-refractivity contribution in [3.8, 4) is 16.9 Å². The molecule has 5 nitrogen and oxygen atoms in total. The SMILES string of the molecule is CCC(C)(C)C[C@H](C)C(=O)N[C@@H]1CC[C@@H](Oc2ccc(C(C)(C)C(=O)NC)cc2-c2cccc(F)c2C2CCC2)C1. The molecule has 2 fully saturated rings. The van der Waals surface area contributed by atoms with Gasteiger partial charge in [-0.05, 0) is 92.2 Å². The molecule has 2 aliphatic carbocycles. The monoisotopic (exact) mass is 564 g/mol. The van der Waals surface area contributed by atoms with Crippen molar-refractivity contribution in [3.63, 3.8) is 0 Å². The second-order valence-electron chi connectivity index (χ2n) is 13.6. The lowest BCUT2D eigenvalue weighted by molar-refractivity contribution is -0.126. The van der Waals surface area contributed by atoms with Crippen LogP contribution in [0.5, 0.6) is 5.75 Å². The number of rotatable bonds is 11. The number of amides is 2. The molecule has 0 saturated heterocycles. The van der Waals surface area contributed by atoms with Gasteiger partial charge in [0.25, 0.3) is 0 Å². The van der Waals surface area contributed by atoms with Gasteiger partial charge in [-0.25, -0.2) is 4.39 Å². The van der Waals surface area contributed by atoms with Gasteiger partial charge in [-0.2, -0.15) is 0 Å². The molecule has 0 bridgehead atoms. The number of hydrogen-bond acceptors (Lipinski definition) is 3. The van der Waals surface area contributed by atoms with E-state index in [9.17, 15) is 9.59 Å². The average Bonchev–Trinajstić information content (AvgIpc) is 3.34. The highest BCUT2D eigenvalue weighted by atomic mass is 19.1. The third-order valence-electron chi connectivity index (χ3n) is 9.64. The third-order valence-corrected chi connectivity index (χ3v) is 9.64. The van der Waals surface area contributed by atoms with Crippen molar-refractivity contribution in [2.75, 3.05) is 7.05 Å². The van der Waals surface area contributed by atoms with E-state index in [1.54, 1.807) is 19.2 Å². The Balaban J connectivity index is 1.59. The highest BCUT2D eigenvalue weighted by molar-refractivity contribution is 5.88. The second kappa shape index (κ2) is 12.5. The summed E-state index contributed by atoms with van der Waals surface area (Å²) in [5.41, 5.74) is 2.64. The fourth-order valence-electron chi connectivity index (χ4n) is 6.33. The molecule has 0 aromatic heterocycles. The molecule has 0 unspecified atom stereocenters. The van der Waals surface area contributed by atoms with E-state index in [4.69, 9.17) is 4.74 Å². The molecular weight excluding hydrogens is 515 g/mol. The molecule has 0 aliphatic heterocycles. The Morgan fingerprint density at radius 2 is 1.78 bits per heavy atom. The molecule has 2 aromatic carbocycles. The zero-order valence-corrected chi connectivity index (χ0v) is 26.0. The van der Waals surface area contributed by atoms with Gasteiger partial charge in [0.1, 0.15) is 17.7 Å². The summed E-state index contributed by atoms with van der Waals surface area (Å²) in [6, 6.07) is 11.2. The fraction of sp³-hybridized carbons (Fsp3) is 0.600. The lowest BCUT2D eigenvalue weighted by Gasteiger charge is -2.30. The molecule has 0 heterocycles. The summed E-state index contributed by atoms with van der Waals surface area (Å²) >= 11 is 0.